The van der Waals surface area contributed by atoms with Gasteiger partial charge in [0.1, 0.15) is 0 Å². The minimum Gasteiger partial charge on any atom is -0.399 e. The van der Waals surface area contributed by atoms with Gasteiger partial charge in [-0.3, -0.25) is 0 Å². The molecular weight excluding hydrogens is 262 g/mol. The lowest BCUT2D eigenvalue weighted by Gasteiger charge is -2.32. The lowest BCUT2D eigenvalue weighted by atomic mass is 10.0. The van der Waals surface area contributed by atoms with Crippen LogP contribution in [0.2, 0.25) is 0 Å². The number of nitrogen functional groups attached to an aromatic ring is 1. The zero-order valence-electron chi connectivity index (χ0n) is 11.2. The van der Waals surface area contributed by atoms with Crippen molar-refractivity contribution in [1.29, 1.82) is 0 Å². The molecule has 1 unspecified atom stereocenters. The third-order valence-electron chi connectivity index (χ3n) is 3.62. The van der Waals surface area contributed by atoms with Crippen molar-refractivity contribution in [2.24, 2.45) is 0 Å². The quantitative estimate of drug-likeness (QED) is 0.809. The number of nitrogens with two attached hydrogens (primary N) is 1. The SMILES string of the molecule is CN1CCCCC1CNS(=O)(=O)c1ccc(N)cc1. The fourth-order valence-electron chi connectivity index (χ4n) is 2.34. The molecule has 0 bridgehead atoms. The molecule has 19 heavy (non-hydrogen) atoms. The normalized spacial score (nSPS) is 21.4. The minimum absolute atomic E-state index is 0.264. The van der Waals surface area contributed by atoms with Gasteiger partial charge in [0.15, 0.2) is 0 Å². The summed E-state index contributed by atoms with van der Waals surface area (Å²) < 4.78 is 26.9. The third kappa shape index (κ3) is 3.68. The molecule has 1 aromatic rings. The first-order chi connectivity index (χ1) is 8.99. The van der Waals surface area contributed by atoms with E-state index in [1.807, 2.05) is 7.05 Å². The lowest BCUT2D eigenvalue weighted by Crippen LogP contribution is -2.44. The highest BCUT2D eigenvalue weighted by atomic mass is 32.2. The van der Waals surface area contributed by atoms with Crippen LogP contribution >= 0.6 is 0 Å². The smallest absolute Gasteiger partial charge is 0.240 e. The Kier molecular flexibility index (Phi) is 4.44. The Morgan fingerprint density at radius 3 is 2.63 bits per heavy atom. The Labute approximate surface area is 114 Å². The number of hydrogen-bond donors (Lipinski definition) is 2. The predicted molar refractivity (Wildman–Crippen MR) is 76.3 cm³/mol. The van der Waals surface area contributed by atoms with Crippen LogP contribution in [0.3, 0.4) is 0 Å². The van der Waals surface area contributed by atoms with Crippen molar-refractivity contribution in [3.8, 4) is 0 Å². The minimum atomic E-state index is -3.43. The van der Waals surface area contributed by atoms with Gasteiger partial charge in [0, 0.05) is 18.3 Å². The molecule has 0 saturated carbocycles. The summed E-state index contributed by atoms with van der Waals surface area (Å²) in [6.07, 6.45) is 3.40. The fourth-order valence-corrected chi connectivity index (χ4v) is 3.41. The fraction of sp³-hybridized carbons (Fsp3) is 0.538. The maximum atomic E-state index is 12.1. The van der Waals surface area contributed by atoms with Gasteiger partial charge in [0.2, 0.25) is 10.0 Å². The molecular formula is C13H21N3O2S. The van der Waals surface area contributed by atoms with E-state index in [9.17, 15) is 8.42 Å². The molecule has 3 N–H and O–H groups in total. The Morgan fingerprint density at radius 2 is 2.00 bits per heavy atom. The first-order valence-electron chi connectivity index (χ1n) is 6.54. The van der Waals surface area contributed by atoms with Crippen LogP contribution in [0.1, 0.15) is 19.3 Å². The van der Waals surface area contributed by atoms with Gasteiger partial charge in [-0.05, 0) is 50.7 Å². The van der Waals surface area contributed by atoms with E-state index in [1.54, 1.807) is 12.1 Å². The lowest BCUT2D eigenvalue weighted by molar-refractivity contribution is 0.187. The van der Waals surface area contributed by atoms with Crippen molar-refractivity contribution in [3.05, 3.63) is 24.3 Å². The predicted octanol–water partition coefficient (Wildman–Crippen LogP) is 1.03. The molecule has 6 heteroatoms. The van der Waals surface area contributed by atoms with Gasteiger partial charge in [-0.1, -0.05) is 6.42 Å². The number of likely N-dealkylation sites (tertiary alicyclic amines) is 1. The summed E-state index contributed by atoms with van der Waals surface area (Å²) in [6.45, 7) is 1.50. The average Bonchev–Trinajstić information content (AvgIpc) is 2.38. The van der Waals surface area contributed by atoms with E-state index < -0.39 is 10.0 Å². The summed E-state index contributed by atoms with van der Waals surface area (Å²) in [6, 6.07) is 6.55. The number of nitrogens with one attached hydrogen (secondary N) is 1. The summed E-state index contributed by atoms with van der Waals surface area (Å²) in [7, 11) is -1.39. The van der Waals surface area contributed by atoms with Crippen LogP contribution in [-0.2, 0) is 10.0 Å². The molecule has 1 atom stereocenters. The highest BCUT2D eigenvalue weighted by molar-refractivity contribution is 7.89. The molecule has 0 spiro atoms. The Hall–Kier alpha value is -1.11. The van der Waals surface area contributed by atoms with Crippen molar-refractivity contribution >= 4 is 15.7 Å². The number of piperidine rings is 1. The molecule has 1 fully saturated rings. The number of rotatable bonds is 4. The molecule has 0 aliphatic carbocycles. The number of hydrogen-bond acceptors (Lipinski definition) is 4. The van der Waals surface area contributed by atoms with Gasteiger partial charge >= 0.3 is 0 Å². The van der Waals surface area contributed by atoms with Gasteiger partial charge in [-0.15, -0.1) is 0 Å². The molecule has 5 nitrogen and oxygen atoms in total. The van der Waals surface area contributed by atoms with Gasteiger partial charge in [-0.25, -0.2) is 13.1 Å². The van der Waals surface area contributed by atoms with Gasteiger partial charge < -0.3 is 10.6 Å². The summed E-state index contributed by atoms with van der Waals surface area (Å²) in [4.78, 5) is 2.48. The van der Waals surface area contributed by atoms with E-state index in [4.69, 9.17) is 5.73 Å². The average molecular weight is 283 g/mol. The van der Waals surface area contributed by atoms with Crippen molar-refractivity contribution in [2.75, 3.05) is 25.9 Å². The zero-order valence-corrected chi connectivity index (χ0v) is 12.0. The monoisotopic (exact) mass is 283 g/mol. The van der Waals surface area contributed by atoms with Crippen LogP contribution in [-0.4, -0.2) is 39.5 Å². The van der Waals surface area contributed by atoms with Crippen molar-refractivity contribution in [1.82, 2.24) is 9.62 Å². The summed E-state index contributed by atoms with van der Waals surface area (Å²) >= 11 is 0. The van der Waals surface area contributed by atoms with Crippen LogP contribution in [0.5, 0.6) is 0 Å². The van der Waals surface area contributed by atoms with E-state index in [0.717, 1.165) is 13.0 Å². The highest BCUT2D eigenvalue weighted by Gasteiger charge is 2.21. The second kappa shape index (κ2) is 5.90. The number of likely N-dealkylation sites (N-methyl/N-ethyl adjacent to an activating group) is 1. The molecule has 2 rings (SSSR count). The molecule has 0 radical (unpaired) electrons. The first-order valence-corrected chi connectivity index (χ1v) is 8.03. The molecule has 1 heterocycles. The molecule has 1 aliphatic heterocycles. The Bertz CT molecular complexity index is 513. The van der Waals surface area contributed by atoms with Crippen LogP contribution in [0, 0.1) is 0 Å². The Morgan fingerprint density at radius 1 is 1.32 bits per heavy atom. The van der Waals surface area contributed by atoms with E-state index in [1.165, 1.54) is 25.0 Å². The van der Waals surface area contributed by atoms with E-state index in [2.05, 4.69) is 9.62 Å². The van der Waals surface area contributed by atoms with Gasteiger partial charge in [0.25, 0.3) is 0 Å². The van der Waals surface area contributed by atoms with Crippen molar-refractivity contribution in [3.63, 3.8) is 0 Å². The summed E-state index contributed by atoms with van der Waals surface area (Å²) in [5.74, 6) is 0. The number of sulfonamides is 1. The van der Waals surface area contributed by atoms with Gasteiger partial charge in [-0.2, -0.15) is 0 Å². The molecule has 0 amide bonds. The molecule has 1 saturated heterocycles. The van der Waals surface area contributed by atoms with Crippen LogP contribution in [0.25, 0.3) is 0 Å². The van der Waals surface area contributed by atoms with Crippen molar-refractivity contribution < 1.29 is 8.42 Å². The van der Waals surface area contributed by atoms with Crippen LogP contribution in [0.15, 0.2) is 29.2 Å². The number of nitrogens with zero attached hydrogens (tertiary/aromatic N) is 1. The first kappa shape index (κ1) is 14.3. The van der Waals surface area contributed by atoms with E-state index in [-0.39, 0.29) is 10.9 Å². The molecule has 0 aromatic heterocycles. The Balaban J connectivity index is 1.99. The van der Waals surface area contributed by atoms with Crippen LogP contribution < -0.4 is 10.5 Å². The number of anilines is 1. The van der Waals surface area contributed by atoms with E-state index in [0.29, 0.717) is 12.2 Å². The number of benzene rings is 1. The van der Waals surface area contributed by atoms with Gasteiger partial charge in [0.05, 0.1) is 4.90 Å². The highest BCUT2D eigenvalue weighted by Crippen LogP contribution is 2.16. The summed E-state index contributed by atoms with van der Waals surface area (Å²) in [5, 5.41) is 0. The molecule has 106 valence electrons. The maximum Gasteiger partial charge on any atom is 0.240 e. The van der Waals surface area contributed by atoms with Crippen LogP contribution in [0.4, 0.5) is 5.69 Å². The third-order valence-corrected chi connectivity index (χ3v) is 5.06. The molecule has 1 aromatic carbocycles. The molecule has 1 aliphatic rings. The zero-order chi connectivity index (χ0) is 13.9. The largest absolute Gasteiger partial charge is 0.399 e. The standard InChI is InChI=1S/C13H21N3O2S/c1-16-9-3-2-4-12(16)10-15-19(17,18)13-7-5-11(14)6-8-13/h5-8,12,15H,2-4,9-10,14H2,1H3. The second-order valence-corrected chi connectivity index (χ2v) is 6.82. The summed E-state index contributed by atoms with van der Waals surface area (Å²) in [5.41, 5.74) is 6.12. The van der Waals surface area contributed by atoms with E-state index >= 15 is 0 Å². The van der Waals surface area contributed by atoms with Crippen molar-refractivity contribution in [2.45, 2.75) is 30.2 Å². The topological polar surface area (TPSA) is 75.4 Å². The maximum absolute atomic E-state index is 12.1. The second-order valence-electron chi connectivity index (χ2n) is 5.05.